The number of nitrogens with zero attached hydrogens (tertiary/aromatic N) is 4. The van der Waals surface area contributed by atoms with Gasteiger partial charge in [0.25, 0.3) is 0 Å². The van der Waals surface area contributed by atoms with Crippen molar-refractivity contribution in [2.45, 2.75) is 17.5 Å². The molecule has 0 fully saturated rings. The molecule has 0 saturated heterocycles. The SMILES string of the molecule is C(=N/n1cnnc1SCc1ccccc1)/c1ccc(OCc2ccccc2)cc1. The molecule has 0 bridgehead atoms. The third-order valence-corrected chi connectivity index (χ3v) is 5.18. The molecule has 0 aliphatic carbocycles. The molecular weight excluding hydrogens is 380 g/mol. The molecule has 6 heteroatoms. The van der Waals surface area contributed by atoms with Gasteiger partial charge in [0.2, 0.25) is 5.16 Å². The van der Waals surface area contributed by atoms with Gasteiger partial charge < -0.3 is 4.74 Å². The highest BCUT2D eigenvalue weighted by Crippen LogP contribution is 2.20. The van der Waals surface area contributed by atoms with E-state index in [0.717, 1.165) is 27.8 Å². The highest BCUT2D eigenvalue weighted by Gasteiger charge is 2.04. The molecular formula is C23H20N4OS. The van der Waals surface area contributed by atoms with E-state index in [1.165, 1.54) is 5.56 Å². The Bertz CT molecular complexity index is 1050. The van der Waals surface area contributed by atoms with Gasteiger partial charge in [-0.05, 0) is 41.0 Å². The summed E-state index contributed by atoms with van der Waals surface area (Å²) in [7, 11) is 0. The van der Waals surface area contributed by atoms with Gasteiger partial charge in [0, 0.05) is 5.75 Å². The van der Waals surface area contributed by atoms with E-state index in [1.807, 2.05) is 72.8 Å². The zero-order chi connectivity index (χ0) is 19.7. The van der Waals surface area contributed by atoms with Gasteiger partial charge in [-0.25, -0.2) is 0 Å². The van der Waals surface area contributed by atoms with Crippen LogP contribution in [0.25, 0.3) is 0 Å². The van der Waals surface area contributed by atoms with Crippen molar-refractivity contribution in [2.24, 2.45) is 5.10 Å². The molecule has 4 rings (SSSR count). The van der Waals surface area contributed by atoms with Gasteiger partial charge in [-0.3, -0.25) is 0 Å². The maximum atomic E-state index is 5.82. The minimum Gasteiger partial charge on any atom is -0.489 e. The molecule has 4 aromatic rings. The fourth-order valence-electron chi connectivity index (χ4n) is 2.64. The lowest BCUT2D eigenvalue weighted by Crippen LogP contribution is -1.95. The summed E-state index contributed by atoms with van der Waals surface area (Å²) in [5.74, 6) is 1.65. The summed E-state index contributed by atoms with van der Waals surface area (Å²) in [6.45, 7) is 0.553. The largest absolute Gasteiger partial charge is 0.489 e. The van der Waals surface area contributed by atoms with Crippen molar-refractivity contribution in [3.05, 3.63) is 108 Å². The zero-order valence-corrected chi connectivity index (χ0v) is 16.6. The Morgan fingerprint density at radius 3 is 2.28 bits per heavy atom. The summed E-state index contributed by atoms with van der Waals surface area (Å²) >= 11 is 1.60. The van der Waals surface area contributed by atoms with Crippen molar-refractivity contribution in [2.75, 3.05) is 0 Å². The van der Waals surface area contributed by atoms with E-state index < -0.39 is 0 Å². The molecule has 1 aromatic heterocycles. The van der Waals surface area contributed by atoms with Crippen LogP contribution in [0.3, 0.4) is 0 Å². The molecule has 0 aliphatic heterocycles. The van der Waals surface area contributed by atoms with Crippen LogP contribution in [0.4, 0.5) is 0 Å². The number of rotatable bonds is 8. The Kier molecular flexibility index (Phi) is 6.34. The van der Waals surface area contributed by atoms with Crippen LogP contribution in [0.2, 0.25) is 0 Å². The molecule has 29 heavy (non-hydrogen) atoms. The minimum absolute atomic E-state index is 0.553. The summed E-state index contributed by atoms with van der Waals surface area (Å²) < 4.78 is 7.51. The highest BCUT2D eigenvalue weighted by atomic mass is 32.2. The molecule has 144 valence electrons. The number of hydrogen-bond donors (Lipinski definition) is 0. The van der Waals surface area contributed by atoms with Crippen molar-refractivity contribution >= 4 is 18.0 Å². The van der Waals surface area contributed by atoms with Gasteiger partial charge in [-0.15, -0.1) is 10.2 Å². The second-order valence-electron chi connectivity index (χ2n) is 6.32. The number of benzene rings is 3. The van der Waals surface area contributed by atoms with Gasteiger partial charge in [0.15, 0.2) is 0 Å². The fourth-order valence-corrected chi connectivity index (χ4v) is 3.46. The molecule has 0 saturated carbocycles. The third kappa shape index (κ3) is 5.56. The van der Waals surface area contributed by atoms with Crippen molar-refractivity contribution in [1.82, 2.24) is 14.9 Å². The van der Waals surface area contributed by atoms with Gasteiger partial charge in [-0.1, -0.05) is 72.4 Å². The third-order valence-electron chi connectivity index (χ3n) is 4.17. The van der Waals surface area contributed by atoms with Crippen LogP contribution in [0.1, 0.15) is 16.7 Å². The second kappa shape index (κ2) is 9.71. The molecule has 0 amide bonds. The number of aromatic nitrogens is 3. The zero-order valence-electron chi connectivity index (χ0n) is 15.8. The van der Waals surface area contributed by atoms with Gasteiger partial charge in [0.05, 0.1) is 6.21 Å². The fraction of sp³-hybridized carbons (Fsp3) is 0.0870. The van der Waals surface area contributed by atoms with Crippen molar-refractivity contribution in [3.63, 3.8) is 0 Å². The highest BCUT2D eigenvalue weighted by molar-refractivity contribution is 7.98. The Balaban J connectivity index is 1.34. The summed E-state index contributed by atoms with van der Waals surface area (Å²) in [6.07, 6.45) is 3.40. The molecule has 0 unspecified atom stereocenters. The molecule has 0 radical (unpaired) electrons. The first-order valence-electron chi connectivity index (χ1n) is 9.25. The number of thioether (sulfide) groups is 1. The second-order valence-corrected chi connectivity index (χ2v) is 7.26. The lowest BCUT2D eigenvalue weighted by atomic mass is 10.2. The van der Waals surface area contributed by atoms with Crippen LogP contribution < -0.4 is 4.74 Å². The maximum Gasteiger partial charge on any atom is 0.212 e. The average molecular weight is 401 g/mol. The summed E-state index contributed by atoms with van der Waals surface area (Å²) in [5.41, 5.74) is 3.36. The van der Waals surface area contributed by atoms with E-state index in [9.17, 15) is 0 Å². The van der Waals surface area contributed by atoms with Crippen LogP contribution in [-0.2, 0) is 12.4 Å². The Labute approximate surface area is 174 Å². The van der Waals surface area contributed by atoms with Crippen LogP contribution in [-0.4, -0.2) is 21.1 Å². The van der Waals surface area contributed by atoms with E-state index in [-0.39, 0.29) is 0 Å². The minimum atomic E-state index is 0.553. The standard InChI is InChI=1S/C23H20N4OS/c1-3-7-20(8-4-1)16-28-22-13-11-19(12-14-22)15-25-27-18-24-26-23(27)29-17-21-9-5-2-6-10-21/h1-15,18H,16-17H2/b25-15-. The normalized spacial score (nSPS) is 11.0. The average Bonchev–Trinajstić information content (AvgIpc) is 3.24. The topological polar surface area (TPSA) is 52.3 Å². The predicted octanol–water partition coefficient (Wildman–Crippen LogP) is 5.03. The van der Waals surface area contributed by atoms with Crippen LogP contribution in [0.5, 0.6) is 5.75 Å². The van der Waals surface area contributed by atoms with E-state index in [1.54, 1.807) is 29.0 Å². The Hall–Kier alpha value is -3.38. The van der Waals surface area contributed by atoms with Crippen LogP contribution in [0.15, 0.2) is 102 Å². The summed E-state index contributed by atoms with van der Waals surface area (Å²) in [4.78, 5) is 0. The maximum absolute atomic E-state index is 5.82. The molecule has 3 aromatic carbocycles. The lowest BCUT2D eigenvalue weighted by Gasteiger charge is -2.06. The molecule has 0 atom stereocenters. The summed E-state index contributed by atoms with van der Waals surface area (Å²) in [5, 5.41) is 13.4. The van der Waals surface area contributed by atoms with Crippen molar-refractivity contribution < 1.29 is 4.74 Å². The van der Waals surface area contributed by atoms with E-state index in [0.29, 0.717) is 6.61 Å². The van der Waals surface area contributed by atoms with Crippen LogP contribution >= 0.6 is 11.8 Å². The van der Waals surface area contributed by atoms with E-state index in [4.69, 9.17) is 4.74 Å². The molecule has 5 nitrogen and oxygen atoms in total. The molecule has 1 heterocycles. The monoisotopic (exact) mass is 400 g/mol. The quantitative estimate of drug-likeness (QED) is 0.307. The summed E-state index contributed by atoms with van der Waals surface area (Å²) in [6, 6.07) is 28.2. The molecule has 0 N–H and O–H groups in total. The van der Waals surface area contributed by atoms with E-state index in [2.05, 4.69) is 27.4 Å². The Morgan fingerprint density at radius 2 is 1.55 bits per heavy atom. The van der Waals surface area contributed by atoms with Gasteiger partial charge >= 0.3 is 0 Å². The first kappa shape index (κ1) is 19.0. The van der Waals surface area contributed by atoms with Gasteiger partial charge in [0.1, 0.15) is 18.7 Å². The van der Waals surface area contributed by atoms with Crippen molar-refractivity contribution in [1.29, 1.82) is 0 Å². The smallest absolute Gasteiger partial charge is 0.212 e. The lowest BCUT2D eigenvalue weighted by molar-refractivity contribution is 0.306. The number of ether oxygens (including phenoxy) is 1. The van der Waals surface area contributed by atoms with E-state index >= 15 is 0 Å². The van der Waals surface area contributed by atoms with Gasteiger partial charge in [-0.2, -0.15) is 9.78 Å². The van der Waals surface area contributed by atoms with Crippen LogP contribution in [0, 0.1) is 0 Å². The van der Waals surface area contributed by atoms with Crippen molar-refractivity contribution in [3.8, 4) is 5.75 Å². The Morgan fingerprint density at radius 1 is 0.862 bits per heavy atom. The molecule has 0 aliphatic rings. The number of hydrogen-bond acceptors (Lipinski definition) is 5. The molecule has 0 spiro atoms. The first-order valence-corrected chi connectivity index (χ1v) is 10.2. The first-order chi connectivity index (χ1) is 14.4. The predicted molar refractivity (Wildman–Crippen MR) is 116 cm³/mol.